The van der Waals surface area contributed by atoms with Crippen molar-refractivity contribution in [3.05, 3.63) is 12.0 Å². The molecule has 78 valence electrons. The lowest BCUT2D eigenvalue weighted by atomic mass is 10.2. The molecule has 1 fully saturated rings. The highest BCUT2D eigenvalue weighted by Gasteiger charge is 2.18. The van der Waals surface area contributed by atoms with Gasteiger partial charge >= 0.3 is 0 Å². The molecule has 0 saturated carbocycles. The number of aliphatic imine (C=N–C) groups is 1. The maximum absolute atomic E-state index is 5.18. The topological polar surface area (TPSA) is 24.8 Å². The van der Waals surface area contributed by atoms with Crippen LogP contribution in [0.5, 0.6) is 0 Å². The maximum Gasteiger partial charge on any atom is 0.121 e. The molecule has 0 aromatic rings. The van der Waals surface area contributed by atoms with Crippen molar-refractivity contribution in [1.29, 1.82) is 0 Å². The van der Waals surface area contributed by atoms with E-state index in [0.29, 0.717) is 0 Å². The minimum absolute atomic E-state index is 0.885. The van der Waals surface area contributed by atoms with Gasteiger partial charge in [0.2, 0.25) is 0 Å². The van der Waals surface area contributed by atoms with Crippen LogP contribution in [0.15, 0.2) is 17.0 Å². The van der Waals surface area contributed by atoms with E-state index >= 15 is 0 Å². The summed E-state index contributed by atoms with van der Waals surface area (Å²) in [6.45, 7) is 2.34. The third-order valence-corrected chi connectivity index (χ3v) is 2.92. The number of amidine groups is 1. The summed E-state index contributed by atoms with van der Waals surface area (Å²) in [4.78, 5) is 6.82. The molecule has 2 aliphatic heterocycles. The monoisotopic (exact) mass is 194 g/mol. The summed E-state index contributed by atoms with van der Waals surface area (Å²) in [5.74, 6) is 2.19. The number of hydrogen-bond donors (Lipinski definition) is 0. The molecule has 0 aliphatic carbocycles. The highest BCUT2D eigenvalue weighted by Crippen LogP contribution is 2.18. The average Bonchev–Trinajstić information content (AvgIpc) is 2.53. The fraction of sp³-hybridized carbons (Fsp3) is 0.727. The zero-order chi connectivity index (χ0) is 9.80. The summed E-state index contributed by atoms with van der Waals surface area (Å²) < 4.78 is 5.18. The smallest absolute Gasteiger partial charge is 0.121 e. The Hall–Kier alpha value is -0.990. The second-order valence-corrected chi connectivity index (χ2v) is 3.92. The van der Waals surface area contributed by atoms with E-state index < -0.39 is 0 Å². The number of methoxy groups -OCH3 is 1. The molecule has 0 N–H and O–H groups in total. The van der Waals surface area contributed by atoms with Crippen molar-refractivity contribution in [2.75, 3.05) is 20.2 Å². The van der Waals surface area contributed by atoms with Crippen LogP contribution in [-0.2, 0) is 4.74 Å². The molecule has 0 amide bonds. The molecular weight excluding hydrogens is 176 g/mol. The first-order valence-electron chi connectivity index (χ1n) is 5.45. The molecule has 3 heteroatoms. The predicted octanol–water partition coefficient (Wildman–Crippen LogP) is 2.15. The fourth-order valence-electron chi connectivity index (χ4n) is 2.04. The van der Waals surface area contributed by atoms with Gasteiger partial charge in [0.15, 0.2) is 0 Å². The molecule has 0 bridgehead atoms. The van der Waals surface area contributed by atoms with Crippen LogP contribution in [0.25, 0.3) is 0 Å². The van der Waals surface area contributed by atoms with Gasteiger partial charge < -0.3 is 9.64 Å². The summed E-state index contributed by atoms with van der Waals surface area (Å²) in [6.07, 6.45) is 8.09. The Kier molecular flexibility index (Phi) is 3.07. The summed E-state index contributed by atoms with van der Waals surface area (Å²) in [5, 5.41) is 0. The van der Waals surface area contributed by atoms with Gasteiger partial charge in [-0.3, -0.25) is 0 Å². The molecule has 2 rings (SSSR count). The largest absolute Gasteiger partial charge is 0.499 e. The minimum atomic E-state index is 0.885. The van der Waals surface area contributed by atoms with Crippen molar-refractivity contribution in [1.82, 2.24) is 4.90 Å². The van der Waals surface area contributed by atoms with Gasteiger partial charge in [0.1, 0.15) is 11.6 Å². The lowest BCUT2D eigenvalue weighted by molar-refractivity contribution is 0.285. The third-order valence-electron chi connectivity index (χ3n) is 2.92. The van der Waals surface area contributed by atoms with Crippen molar-refractivity contribution in [3.63, 3.8) is 0 Å². The second kappa shape index (κ2) is 4.49. The Balaban J connectivity index is 1.90. The molecule has 1 saturated heterocycles. The van der Waals surface area contributed by atoms with Crippen molar-refractivity contribution in [2.24, 2.45) is 4.99 Å². The Morgan fingerprint density at radius 2 is 1.93 bits per heavy atom. The van der Waals surface area contributed by atoms with E-state index in [1.165, 1.54) is 44.6 Å². The van der Waals surface area contributed by atoms with Gasteiger partial charge in [-0.15, -0.1) is 0 Å². The Labute approximate surface area is 85.5 Å². The first-order chi connectivity index (χ1) is 6.90. The normalized spacial score (nSPS) is 22.8. The number of rotatable bonds is 1. The zero-order valence-electron chi connectivity index (χ0n) is 8.83. The first-order valence-corrected chi connectivity index (χ1v) is 5.45. The highest BCUT2D eigenvalue weighted by molar-refractivity contribution is 5.86. The van der Waals surface area contributed by atoms with Crippen LogP contribution < -0.4 is 0 Å². The first kappa shape index (κ1) is 9.56. The second-order valence-electron chi connectivity index (χ2n) is 3.92. The van der Waals surface area contributed by atoms with Gasteiger partial charge in [-0.25, -0.2) is 4.99 Å². The molecule has 2 aliphatic rings. The Morgan fingerprint density at radius 1 is 1.21 bits per heavy atom. The van der Waals surface area contributed by atoms with E-state index in [0.717, 1.165) is 12.2 Å². The summed E-state index contributed by atoms with van der Waals surface area (Å²) in [7, 11) is 1.71. The summed E-state index contributed by atoms with van der Waals surface area (Å²) in [5.41, 5.74) is 0. The van der Waals surface area contributed by atoms with Gasteiger partial charge in [0.05, 0.1) is 19.7 Å². The zero-order valence-corrected chi connectivity index (χ0v) is 8.83. The minimum Gasteiger partial charge on any atom is -0.499 e. The fourth-order valence-corrected chi connectivity index (χ4v) is 2.04. The van der Waals surface area contributed by atoms with Crippen LogP contribution in [0.2, 0.25) is 0 Å². The molecule has 0 unspecified atom stereocenters. The number of ether oxygens (including phenoxy) is 1. The predicted molar refractivity (Wildman–Crippen MR) is 57.2 cm³/mol. The van der Waals surface area contributed by atoms with Gasteiger partial charge in [-0.2, -0.15) is 0 Å². The molecule has 0 spiro atoms. The maximum atomic E-state index is 5.18. The van der Waals surface area contributed by atoms with Crippen molar-refractivity contribution in [2.45, 2.75) is 32.1 Å². The van der Waals surface area contributed by atoms with Crippen molar-refractivity contribution >= 4 is 5.84 Å². The highest BCUT2D eigenvalue weighted by atomic mass is 16.5. The average molecular weight is 194 g/mol. The van der Waals surface area contributed by atoms with E-state index in [1.807, 2.05) is 6.20 Å². The molecule has 0 atom stereocenters. The molecule has 3 nitrogen and oxygen atoms in total. The van der Waals surface area contributed by atoms with Crippen LogP contribution >= 0.6 is 0 Å². The summed E-state index contributed by atoms with van der Waals surface area (Å²) in [6, 6.07) is 0. The lowest BCUT2D eigenvalue weighted by Gasteiger charge is -2.22. The molecule has 0 aromatic heterocycles. The van der Waals surface area contributed by atoms with Crippen LogP contribution in [0, 0.1) is 0 Å². The molecule has 14 heavy (non-hydrogen) atoms. The molecule has 0 radical (unpaired) electrons. The Morgan fingerprint density at radius 3 is 2.50 bits per heavy atom. The van der Waals surface area contributed by atoms with Crippen LogP contribution in [-0.4, -0.2) is 30.9 Å². The van der Waals surface area contributed by atoms with Gasteiger partial charge in [0.25, 0.3) is 0 Å². The van der Waals surface area contributed by atoms with E-state index in [-0.39, 0.29) is 0 Å². The van der Waals surface area contributed by atoms with E-state index in [1.54, 1.807) is 7.11 Å². The molecule has 0 aromatic carbocycles. The van der Waals surface area contributed by atoms with E-state index in [4.69, 9.17) is 4.74 Å². The number of hydrogen-bond acceptors (Lipinski definition) is 3. The third kappa shape index (κ3) is 2.08. The quantitative estimate of drug-likeness (QED) is 0.639. The number of nitrogens with zero attached hydrogens (tertiary/aromatic N) is 2. The van der Waals surface area contributed by atoms with Gasteiger partial charge in [0, 0.05) is 13.1 Å². The van der Waals surface area contributed by atoms with Crippen molar-refractivity contribution in [3.8, 4) is 0 Å². The SMILES string of the molecule is COC1=CN=C(N2CCCCCC2)C1. The van der Waals surface area contributed by atoms with E-state index in [9.17, 15) is 0 Å². The van der Waals surface area contributed by atoms with Crippen LogP contribution in [0.3, 0.4) is 0 Å². The van der Waals surface area contributed by atoms with Crippen LogP contribution in [0.4, 0.5) is 0 Å². The molecule has 2 heterocycles. The Bertz CT molecular complexity index is 250. The van der Waals surface area contributed by atoms with Gasteiger partial charge in [-0.1, -0.05) is 12.8 Å². The molecular formula is C11H18N2O. The van der Waals surface area contributed by atoms with E-state index in [2.05, 4.69) is 9.89 Å². The summed E-state index contributed by atoms with van der Waals surface area (Å²) >= 11 is 0. The van der Waals surface area contributed by atoms with Gasteiger partial charge in [-0.05, 0) is 12.8 Å². The van der Waals surface area contributed by atoms with Crippen molar-refractivity contribution < 1.29 is 4.74 Å². The standard InChI is InChI=1S/C11H18N2O/c1-14-10-8-11(12-9-10)13-6-4-2-3-5-7-13/h9H,2-8H2,1H3. The van der Waals surface area contributed by atoms with Crippen LogP contribution in [0.1, 0.15) is 32.1 Å². The number of likely N-dealkylation sites (tertiary alicyclic amines) is 1. The lowest BCUT2D eigenvalue weighted by Crippen LogP contribution is -2.31.